The van der Waals surface area contributed by atoms with Gasteiger partial charge in [0.15, 0.2) is 6.04 Å². The minimum absolute atomic E-state index is 0.228. The van der Waals surface area contributed by atoms with Crippen LogP contribution in [0.4, 0.5) is 0 Å². The molecule has 0 saturated carbocycles. The second kappa shape index (κ2) is 9.47. The van der Waals surface area contributed by atoms with Crippen LogP contribution >= 0.6 is 0 Å². The van der Waals surface area contributed by atoms with Gasteiger partial charge in [0, 0.05) is 6.42 Å². The van der Waals surface area contributed by atoms with Crippen molar-refractivity contribution in [2.75, 3.05) is 6.61 Å². The molecule has 2 aromatic carbocycles. The van der Waals surface area contributed by atoms with E-state index < -0.39 is 12.0 Å². The van der Waals surface area contributed by atoms with E-state index in [1.165, 1.54) is 0 Å². The van der Waals surface area contributed by atoms with Gasteiger partial charge >= 0.3 is 5.97 Å². The highest BCUT2D eigenvalue weighted by molar-refractivity contribution is 5.84. The minimum atomic E-state index is -1.07. The van der Waals surface area contributed by atoms with Crippen molar-refractivity contribution in [2.24, 2.45) is 0 Å². The molecule has 132 valence electrons. The molecule has 0 spiro atoms. The van der Waals surface area contributed by atoms with Gasteiger partial charge in [0.2, 0.25) is 5.91 Å². The fourth-order valence-corrected chi connectivity index (χ4v) is 2.40. The van der Waals surface area contributed by atoms with Crippen LogP contribution in [-0.2, 0) is 16.0 Å². The summed E-state index contributed by atoms with van der Waals surface area (Å²) < 4.78 is 5.52. The van der Waals surface area contributed by atoms with Gasteiger partial charge in [-0.2, -0.15) is 0 Å². The normalized spacial score (nSPS) is 11.6. The van der Waals surface area contributed by atoms with Gasteiger partial charge in [-0.15, -0.1) is 0 Å². The number of amides is 1. The van der Waals surface area contributed by atoms with Gasteiger partial charge in [0.1, 0.15) is 5.75 Å². The van der Waals surface area contributed by atoms with Crippen LogP contribution in [0.15, 0.2) is 54.6 Å². The molecule has 2 aromatic rings. The highest BCUT2D eigenvalue weighted by Gasteiger charge is 2.21. The Bertz CT molecular complexity index is 683. The van der Waals surface area contributed by atoms with E-state index in [9.17, 15) is 14.7 Å². The van der Waals surface area contributed by atoms with Crippen LogP contribution in [0.25, 0.3) is 0 Å². The SMILES string of the molecule is CCCOc1ccc(CCC(=O)N[C@@H](C(=O)O)c2ccccc2)cc1. The predicted octanol–water partition coefficient (Wildman–Crippen LogP) is 3.35. The van der Waals surface area contributed by atoms with Gasteiger partial charge in [0.25, 0.3) is 0 Å². The summed E-state index contributed by atoms with van der Waals surface area (Å²) >= 11 is 0. The Hall–Kier alpha value is -2.82. The number of carbonyl (C=O) groups is 2. The number of hydrogen-bond acceptors (Lipinski definition) is 3. The van der Waals surface area contributed by atoms with E-state index in [0.29, 0.717) is 18.6 Å². The number of ether oxygens (including phenoxy) is 1. The van der Waals surface area contributed by atoms with E-state index in [2.05, 4.69) is 5.32 Å². The summed E-state index contributed by atoms with van der Waals surface area (Å²) in [7, 11) is 0. The van der Waals surface area contributed by atoms with Gasteiger partial charge < -0.3 is 15.2 Å². The standard InChI is InChI=1S/C20H23NO4/c1-2-14-25-17-11-8-15(9-12-17)10-13-18(22)21-19(20(23)24)16-6-4-3-5-7-16/h3-9,11-12,19H,2,10,13-14H2,1H3,(H,21,22)(H,23,24)/t19-/m1/s1. The molecule has 0 fully saturated rings. The second-order valence-corrected chi connectivity index (χ2v) is 5.74. The molecule has 0 bridgehead atoms. The zero-order valence-corrected chi connectivity index (χ0v) is 14.3. The Kier molecular flexibility index (Phi) is 7.01. The number of carbonyl (C=O) groups excluding carboxylic acids is 1. The molecule has 0 unspecified atom stereocenters. The average Bonchev–Trinajstić information content (AvgIpc) is 2.64. The minimum Gasteiger partial charge on any atom is -0.494 e. The first-order valence-corrected chi connectivity index (χ1v) is 8.39. The van der Waals surface area contributed by atoms with Crippen LogP contribution in [0.1, 0.15) is 36.9 Å². The summed E-state index contributed by atoms with van der Waals surface area (Å²) in [5, 5.41) is 11.9. The lowest BCUT2D eigenvalue weighted by atomic mass is 10.1. The molecule has 0 heterocycles. The van der Waals surface area contributed by atoms with Crippen molar-refractivity contribution in [3.8, 4) is 5.75 Å². The Morgan fingerprint density at radius 3 is 2.36 bits per heavy atom. The van der Waals surface area contributed by atoms with Crippen LogP contribution in [0.3, 0.4) is 0 Å². The van der Waals surface area contributed by atoms with Gasteiger partial charge in [0.05, 0.1) is 6.61 Å². The fourth-order valence-electron chi connectivity index (χ4n) is 2.40. The molecular formula is C20H23NO4. The molecule has 0 aromatic heterocycles. The third-order valence-electron chi connectivity index (χ3n) is 3.72. The molecule has 0 aliphatic carbocycles. The molecule has 5 nitrogen and oxygen atoms in total. The van der Waals surface area contributed by atoms with E-state index >= 15 is 0 Å². The molecule has 1 atom stereocenters. The number of rotatable bonds is 9. The number of carboxylic acids is 1. The zero-order chi connectivity index (χ0) is 18.1. The maximum Gasteiger partial charge on any atom is 0.330 e. The molecular weight excluding hydrogens is 318 g/mol. The molecule has 2 rings (SSSR count). The Balaban J connectivity index is 1.88. The first kappa shape index (κ1) is 18.5. The number of benzene rings is 2. The van der Waals surface area contributed by atoms with E-state index in [-0.39, 0.29) is 12.3 Å². The van der Waals surface area contributed by atoms with Crippen LogP contribution in [0, 0.1) is 0 Å². The number of carboxylic acid groups (broad SMARTS) is 1. The number of hydrogen-bond donors (Lipinski definition) is 2. The Morgan fingerprint density at radius 2 is 1.76 bits per heavy atom. The van der Waals surface area contributed by atoms with E-state index in [4.69, 9.17) is 4.74 Å². The van der Waals surface area contributed by atoms with Crippen molar-refractivity contribution in [3.05, 3.63) is 65.7 Å². The van der Waals surface area contributed by atoms with Crippen LogP contribution < -0.4 is 10.1 Å². The number of aryl methyl sites for hydroxylation is 1. The average molecular weight is 341 g/mol. The summed E-state index contributed by atoms with van der Waals surface area (Å²) in [5.41, 5.74) is 1.56. The zero-order valence-electron chi connectivity index (χ0n) is 14.3. The molecule has 25 heavy (non-hydrogen) atoms. The van der Waals surface area contributed by atoms with Crippen LogP contribution in [0.2, 0.25) is 0 Å². The van der Waals surface area contributed by atoms with Gasteiger partial charge in [-0.05, 0) is 36.1 Å². The number of nitrogens with one attached hydrogen (secondary N) is 1. The molecule has 1 amide bonds. The molecule has 5 heteroatoms. The van der Waals surface area contributed by atoms with Crippen molar-refractivity contribution >= 4 is 11.9 Å². The highest BCUT2D eigenvalue weighted by atomic mass is 16.5. The van der Waals surface area contributed by atoms with E-state index in [1.807, 2.05) is 31.2 Å². The fraction of sp³-hybridized carbons (Fsp3) is 0.300. The van der Waals surface area contributed by atoms with E-state index in [0.717, 1.165) is 17.7 Å². The second-order valence-electron chi connectivity index (χ2n) is 5.74. The third kappa shape index (κ3) is 5.95. The largest absolute Gasteiger partial charge is 0.494 e. The summed E-state index contributed by atoms with van der Waals surface area (Å²) in [6.45, 7) is 2.73. The van der Waals surface area contributed by atoms with Crippen molar-refractivity contribution in [1.82, 2.24) is 5.32 Å². The Labute approximate surface area is 147 Å². The van der Waals surface area contributed by atoms with E-state index in [1.54, 1.807) is 30.3 Å². The van der Waals surface area contributed by atoms with Gasteiger partial charge in [-0.1, -0.05) is 49.4 Å². The molecule has 0 saturated heterocycles. The first-order valence-electron chi connectivity index (χ1n) is 8.39. The predicted molar refractivity (Wildman–Crippen MR) is 95.5 cm³/mol. The lowest BCUT2D eigenvalue weighted by molar-refractivity contribution is -0.142. The van der Waals surface area contributed by atoms with Crippen LogP contribution in [-0.4, -0.2) is 23.6 Å². The lowest BCUT2D eigenvalue weighted by Crippen LogP contribution is -2.33. The topological polar surface area (TPSA) is 75.6 Å². The lowest BCUT2D eigenvalue weighted by Gasteiger charge is -2.15. The number of aliphatic carboxylic acids is 1. The molecule has 0 aliphatic rings. The van der Waals surface area contributed by atoms with Crippen LogP contribution in [0.5, 0.6) is 5.75 Å². The summed E-state index contributed by atoms with van der Waals surface area (Å²) in [4.78, 5) is 23.5. The third-order valence-corrected chi connectivity index (χ3v) is 3.72. The highest BCUT2D eigenvalue weighted by Crippen LogP contribution is 2.15. The summed E-state index contributed by atoms with van der Waals surface area (Å²) in [5.74, 6) is -0.551. The Morgan fingerprint density at radius 1 is 1.08 bits per heavy atom. The molecule has 0 aliphatic heterocycles. The van der Waals surface area contributed by atoms with Crippen molar-refractivity contribution < 1.29 is 19.4 Å². The molecule has 2 N–H and O–H groups in total. The maximum atomic E-state index is 12.1. The van der Waals surface area contributed by atoms with Crippen molar-refractivity contribution in [3.63, 3.8) is 0 Å². The quantitative estimate of drug-likeness (QED) is 0.733. The summed E-state index contributed by atoms with van der Waals surface area (Å²) in [6, 6.07) is 15.3. The molecule has 0 radical (unpaired) electrons. The van der Waals surface area contributed by atoms with Gasteiger partial charge in [-0.25, -0.2) is 4.79 Å². The van der Waals surface area contributed by atoms with Crippen molar-refractivity contribution in [1.29, 1.82) is 0 Å². The summed E-state index contributed by atoms with van der Waals surface area (Å²) in [6.07, 6.45) is 1.72. The smallest absolute Gasteiger partial charge is 0.330 e. The van der Waals surface area contributed by atoms with Crippen molar-refractivity contribution in [2.45, 2.75) is 32.2 Å². The van der Waals surface area contributed by atoms with Gasteiger partial charge in [-0.3, -0.25) is 4.79 Å². The monoisotopic (exact) mass is 341 g/mol. The maximum absolute atomic E-state index is 12.1. The first-order chi connectivity index (χ1) is 12.1.